The van der Waals surface area contributed by atoms with E-state index in [4.69, 9.17) is 4.98 Å². The minimum atomic E-state index is 1.07. The molecule has 0 radical (unpaired) electrons. The molecule has 0 atom stereocenters. The van der Waals surface area contributed by atoms with E-state index in [0.717, 1.165) is 11.2 Å². The molecule has 0 N–H and O–H groups in total. The van der Waals surface area contributed by atoms with Crippen molar-refractivity contribution >= 4 is 21.7 Å². The first kappa shape index (κ1) is 13.0. The van der Waals surface area contributed by atoms with Crippen molar-refractivity contribution in [3.8, 4) is 11.3 Å². The molecule has 0 fully saturated rings. The van der Waals surface area contributed by atoms with Crippen LogP contribution in [0, 0.1) is 13.8 Å². The minimum Gasteiger partial charge on any atom is -0.247 e. The molecule has 106 valence electrons. The molecule has 0 spiro atoms. The van der Waals surface area contributed by atoms with Crippen LogP contribution in [-0.2, 0) is 0 Å². The molecule has 1 heteroatoms. The molecule has 1 nitrogen and oxygen atoms in total. The number of aryl methyl sites for hydroxylation is 2. The first-order valence-electron chi connectivity index (χ1n) is 7.58. The summed E-state index contributed by atoms with van der Waals surface area (Å²) in [4.78, 5) is 4.98. The molecule has 4 rings (SSSR count). The van der Waals surface area contributed by atoms with E-state index in [-0.39, 0.29) is 0 Å². The predicted molar refractivity (Wildman–Crippen MR) is 94.2 cm³/mol. The number of nitrogens with zero attached hydrogens (tertiary/aromatic N) is 1. The van der Waals surface area contributed by atoms with Crippen molar-refractivity contribution in [1.29, 1.82) is 0 Å². The van der Waals surface area contributed by atoms with Crippen LogP contribution in [0.15, 0.2) is 66.7 Å². The topological polar surface area (TPSA) is 12.9 Å². The van der Waals surface area contributed by atoms with Gasteiger partial charge in [0.1, 0.15) is 0 Å². The molecule has 0 unspecified atom stereocenters. The van der Waals surface area contributed by atoms with Crippen molar-refractivity contribution in [1.82, 2.24) is 4.98 Å². The molecular formula is C21H17N. The highest BCUT2D eigenvalue weighted by molar-refractivity contribution is 6.11. The SMILES string of the molecule is Cc1ccc2c(c1)nc(-c1ccccc1)c1cc(C)ccc12. The monoisotopic (exact) mass is 283 g/mol. The Morgan fingerprint density at radius 2 is 1.32 bits per heavy atom. The third-order valence-electron chi connectivity index (χ3n) is 4.15. The zero-order valence-electron chi connectivity index (χ0n) is 12.8. The Labute approximate surface area is 130 Å². The highest BCUT2D eigenvalue weighted by Gasteiger charge is 2.10. The van der Waals surface area contributed by atoms with Crippen LogP contribution in [-0.4, -0.2) is 4.98 Å². The lowest BCUT2D eigenvalue weighted by molar-refractivity contribution is 1.39. The van der Waals surface area contributed by atoms with Crippen molar-refractivity contribution < 1.29 is 0 Å². The fourth-order valence-electron chi connectivity index (χ4n) is 3.05. The second kappa shape index (κ2) is 4.96. The zero-order valence-corrected chi connectivity index (χ0v) is 12.8. The molecule has 1 aromatic heterocycles. The van der Waals surface area contributed by atoms with Gasteiger partial charge in [-0.1, -0.05) is 60.2 Å². The van der Waals surface area contributed by atoms with Gasteiger partial charge in [0.05, 0.1) is 11.2 Å². The Hall–Kier alpha value is -2.67. The molecular weight excluding hydrogens is 266 g/mol. The standard InChI is InChI=1S/C21H17N/c1-14-8-10-17-18-11-9-15(2)13-20(18)22-21(19(17)12-14)16-6-4-3-5-7-16/h3-13H,1-2H3. The van der Waals surface area contributed by atoms with Gasteiger partial charge in [0.25, 0.3) is 0 Å². The van der Waals surface area contributed by atoms with Gasteiger partial charge in [-0.05, 0) is 36.9 Å². The molecule has 0 saturated heterocycles. The fourth-order valence-corrected chi connectivity index (χ4v) is 3.05. The molecule has 0 amide bonds. The van der Waals surface area contributed by atoms with Crippen LogP contribution >= 0.6 is 0 Å². The minimum absolute atomic E-state index is 1.07. The van der Waals surface area contributed by atoms with Gasteiger partial charge in [0, 0.05) is 16.3 Å². The second-order valence-corrected chi connectivity index (χ2v) is 5.90. The molecule has 4 aromatic rings. The largest absolute Gasteiger partial charge is 0.247 e. The maximum absolute atomic E-state index is 4.98. The quantitative estimate of drug-likeness (QED) is 0.410. The van der Waals surface area contributed by atoms with Crippen LogP contribution in [0.4, 0.5) is 0 Å². The lowest BCUT2D eigenvalue weighted by Crippen LogP contribution is -1.91. The average Bonchev–Trinajstić information content (AvgIpc) is 2.54. The van der Waals surface area contributed by atoms with E-state index < -0.39 is 0 Å². The summed E-state index contributed by atoms with van der Waals surface area (Å²) >= 11 is 0. The van der Waals surface area contributed by atoms with Gasteiger partial charge in [0.15, 0.2) is 0 Å². The summed E-state index contributed by atoms with van der Waals surface area (Å²) in [6, 6.07) is 23.6. The van der Waals surface area contributed by atoms with E-state index >= 15 is 0 Å². The van der Waals surface area contributed by atoms with E-state index in [0.29, 0.717) is 0 Å². The summed E-state index contributed by atoms with van der Waals surface area (Å²) in [6.07, 6.45) is 0. The van der Waals surface area contributed by atoms with Gasteiger partial charge < -0.3 is 0 Å². The highest BCUT2D eigenvalue weighted by atomic mass is 14.7. The van der Waals surface area contributed by atoms with Crippen molar-refractivity contribution in [2.75, 3.05) is 0 Å². The number of rotatable bonds is 1. The van der Waals surface area contributed by atoms with Crippen LogP contribution in [0.25, 0.3) is 32.9 Å². The van der Waals surface area contributed by atoms with Crippen molar-refractivity contribution in [3.63, 3.8) is 0 Å². The molecule has 1 heterocycles. The lowest BCUT2D eigenvalue weighted by atomic mass is 9.98. The van der Waals surface area contributed by atoms with E-state index in [1.807, 2.05) is 6.07 Å². The Balaban J connectivity index is 2.19. The van der Waals surface area contributed by atoms with Crippen molar-refractivity contribution in [3.05, 3.63) is 77.9 Å². The van der Waals surface area contributed by atoms with Gasteiger partial charge in [-0.25, -0.2) is 4.98 Å². The summed E-state index contributed by atoms with van der Waals surface area (Å²) in [5, 5.41) is 3.72. The van der Waals surface area contributed by atoms with Crippen LogP contribution in [0.5, 0.6) is 0 Å². The Morgan fingerprint density at radius 1 is 0.636 bits per heavy atom. The van der Waals surface area contributed by atoms with E-state index in [2.05, 4.69) is 74.5 Å². The normalized spacial score (nSPS) is 11.2. The summed E-state index contributed by atoms with van der Waals surface area (Å²) < 4.78 is 0. The summed E-state index contributed by atoms with van der Waals surface area (Å²) in [6.45, 7) is 4.25. The third kappa shape index (κ3) is 2.06. The summed E-state index contributed by atoms with van der Waals surface area (Å²) in [5.74, 6) is 0. The van der Waals surface area contributed by atoms with E-state index in [1.54, 1.807) is 0 Å². The molecule has 22 heavy (non-hydrogen) atoms. The molecule has 0 aliphatic rings. The molecule has 0 bridgehead atoms. The number of fused-ring (bicyclic) bond motifs is 3. The van der Waals surface area contributed by atoms with Crippen LogP contribution in [0.3, 0.4) is 0 Å². The third-order valence-corrected chi connectivity index (χ3v) is 4.15. The van der Waals surface area contributed by atoms with Gasteiger partial charge in [0.2, 0.25) is 0 Å². The molecule has 0 saturated carbocycles. The predicted octanol–water partition coefficient (Wildman–Crippen LogP) is 5.67. The molecule has 0 aliphatic carbocycles. The first-order valence-corrected chi connectivity index (χ1v) is 7.58. The van der Waals surface area contributed by atoms with Gasteiger partial charge in [-0.2, -0.15) is 0 Å². The van der Waals surface area contributed by atoms with Gasteiger partial charge in [-0.3, -0.25) is 0 Å². The fraction of sp³-hybridized carbons (Fsp3) is 0.0952. The molecule has 3 aromatic carbocycles. The second-order valence-electron chi connectivity index (χ2n) is 5.90. The summed E-state index contributed by atoms with van der Waals surface area (Å²) in [7, 11) is 0. The number of pyridine rings is 1. The number of hydrogen-bond donors (Lipinski definition) is 0. The van der Waals surface area contributed by atoms with E-state index in [9.17, 15) is 0 Å². The number of benzene rings is 3. The van der Waals surface area contributed by atoms with Gasteiger partial charge in [-0.15, -0.1) is 0 Å². The number of hydrogen-bond acceptors (Lipinski definition) is 1. The van der Waals surface area contributed by atoms with Crippen LogP contribution in [0.1, 0.15) is 11.1 Å². The Bertz CT molecular complexity index is 985. The zero-order chi connectivity index (χ0) is 15.1. The maximum atomic E-state index is 4.98. The van der Waals surface area contributed by atoms with Crippen LogP contribution < -0.4 is 0 Å². The highest BCUT2D eigenvalue weighted by Crippen LogP contribution is 2.33. The smallest absolute Gasteiger partial charge is 0.0788 e. The van der Waals surface area contributed by atoms with Gasteiger partial charge >= 0.3 is 0 Å². The van der Waals surface area contributed by atoms with Crippen molar-refractivity contribution in [2.45, 2.75) is 13.8 Å². The number of aromatic nitrogens is 1. The maximum Gasteiger partial charge on any atom is 0.0788 e. The Kier molecular flexibility index (Phi) is 2.93. The lowest BCUT2D eigenvalue weighted by Gasteiger charge is -2.11. The Morgan fingerprint density at radius 3 is 2.09 bits per heavy atom. The first-order chi connectivity index (χ1) is 10.7. The average molecular weight is 283 g/mol. The van der Waals surface area contributed by atoms with E-state index in [1.165, 1.54) is 32.8 Å². The van der Waals surface area contributed by atoms with Crippen molar-refractivity contribution in [2.24, 2.45) is 0 Å². The summed E-state index contributed by atoms with van der Waals surface area (Å²) in [5.41, 5.74) is 5.80. The molecule has 0 aliphatic heterocycles. The van der Waals surface area contributed by atoms with Crippen LogP contribution in [0.2, 0.25) is 0 Å².